The maximum Gasteiger partial charge on any atom is 0.293 e. The van der Waals surface area contributed by atoms with Gasteiger partial charge in [-0.1, -0.05) is 0 Å². The molecule has 0 radical (unpaired) electrons. The molecule has 7 heteroatoms. The third-order valence-electron chi connectivity index (χ3n) is 2.92. The third-order valence-corrected chi connectivity index (χ3v) is 4.28. The smallest absolute Gasteiger partial charge is 0.293 e. The fourth-order valence-electron chi connectivity index (χ4n) is 1.75. The number of hydrogen-bond donors (Lipinski definition) is 2. The SMILES string of the molecule is CC(O)(CNc1ccc(I)cc1[N+](=O)[O-])c1ccsc1. The summed E-state index contributed by atoms with van der Waals surface area (Å²) < 4.78 is 0.796. The average molecular weight is 404 g/mol. The van der Waals surface area contributed by atoms with E-state index in [1.54, 1.807) is 19.1 Å². The fourth-order valence-corrected chi connectivity index (χ4v) is 3.00. The minimum absolute atomic E-state index is 0.0121. The van der Waals surface area contributed by atoms with Crippen LogP contribution < -0.4 is 5.32 Å². The number of hydrogen-bond acceptors (Lipinski definition) is 5. The number of nitro benzene ring substituents is 1. The molecule has 1 heterocycles. The van der Waals surface area contributed by atoms with Gasteiger partial charge in [-0.15, -0.1) is 0 Å². The van der Waals surface area contributed by atoms with E-state index in [0.717, 1.165) is 9.13 Å². The van der Waals surface area contributed by atoms with Crippen LogP contribution in [0.5, 0.6) is 0 Å². The lowest BCUT2D eigenvalue weighted by Gasteiger charge is -2.23. The molecule has 0 amide bonds. The molecular formula is C13H13IN2O3S. The Labute approximate surface area is 133 Å². The van der Waals surface area contributed by atoms with Gasteiger partial charge in [0, 0.05) is 16.2 Å². The summed E-state index contributed by atoms with van der Waals surface area (Å²) in [4.78, 5) is 10.6. The Balaban J connectivity index is 2.17. The van der Waals surface area contributed by atoms with Crippen molar-refractivity contribution in [3.05, 3.63) is 54.3 Å². The summed E-state index contributed by atoms with van der Waals surface area (Å²) in [5.74, 6) is 0. The summed E-state index contributed by atoms with van der Waals surface area (Å²) in [7, 11) is 0. The lowest BCUT2D eigenvalue weighted by molar-refractivity contribution is -0.384. The van der Waals surface area contributed by atoms with Crippen molar-refractivity contribution in [2.45, 2.75) is 12.5 Å². The Kier molecular flexibility index (Phi) is 4.61. The molecule has 106 valence electrons. The number of aliphatic hydroxyl groups is 1. The van der Waals surface area contributed by atoms with Crippen LogP contribution >= 0.6 is 33.9 Å². The third kappa shape index (κ3) is 3.47. The molecule has 5 nitrogen and oxygen atoms in total. The van der Waals surface area contributed by atoms with Crippen LogP contribution in [0.15, 0.2) is 35.0 Å². The molecule has 1 atom stereocenters. The van der Waals surface area contributed by atoms with Crippen molar-refractivity contribution in [2.75, 3.05) is 11.9 Å². The van der Waals surface area contributed by atoms with Gasteiger partial charge in [0.15, 0.2) is 0 Å². The van der Waals surface area contributed by atoms with E-state index >= 15 is 0 Å². The van der Waals surface area contributed by atoms with Gasteiger partial charge in [-0.3, -0.25) is 10.1 Å². The Hall–Kier alpha value is -1.19. The number of thiophene rings is 1. The van der Waals surface area contributed by atoms with Crippen molar-refractivity contribution < 1.29 is 10.0 Å². The highest BCUT2D eigenvalue weighted by atomic mass is 127. The minimum atomic E-state index is -1.07. The van der Waals surface area contributed by atoms with Gasteiger partial charge in [0.05, 0.1) is 4.92 Å². The minimum Gasteiger partial charge on any atom is -0.384 e. The van der Waals surface area contributed by atoms with Crippen molar-refractivity contribution in [2.24, 2.45) is 0 Å². The van der Waals surface area contributed by atoms with E-state index in [2.05, 4.69) is 5.32 Å². The highest BCUT2D eigenvalue weighted by Gasteiger charge is 2.24. The van der Waals surface area contributed by atoms with E-state index in [1.165, 1.54) is 17.4 Å². The zero-order valence-electron chi connectivity index (χ0n) is 10.7. The lowest BCUT2D eigenvalue weighted by atomic mass is 9.99. The number of rotatable bonds is 5. The van der Waals surface area contributed by atoms with Gasteiger partial charge < -0.3 is 10.4 Å². The molecule has 0 aliphatic carbocycles. The van der Waals surface area contributed by atoms with E-state index in [9.17, 15) is 15.2 Å². The first-order chi connectivity index (χ1) is 9.40. The summed E-state index contributed by atoms with van der Waals surface area (Å²) in [5, 5.41) is 28.1. The molecule has 1 aromatic carbocycles. The van der Waals surface area contributed by atoms with E-state index in [-0.39, 0.29) is 12.2 Å². The van der Waals surface area contributed by atoms with Crippen molar-refractivity contribution in [1.29, 1.82) is 0 Å². The maximum absolute atomic E-state index is 11.0. The van der Waals surface area contributed by atoms with E-state index in [0.29, 0.717) is 5.69 Å². The first kappa shape index (κ1) is 15.2. The van der Waals surface area contributed by atoms with Crippen molar-refractivity contribution in [1.82, 2.24) is 0 Å². The number of benzene rings is 1. The van der Waals surface area contributed by atoms with Crippen LogP contribution in [0.1, 0.15) is 12.5 Å². The van der Waals surface area contributed by atoms with Crippen LogP contribution in [-0.4, -0.2) is 16.6 Å². The fraction of sp³-hybridized carbons (Fsp3) is 0.231. The number of nitro groups is 1. The molecule has 1 unspecified atom stereocenters. The molecule has 1 aromatic heterocycles. The molecule has 0 fully saturated rings. The zero-order chi connectivity index (χ0) is 14.8. The first-order valence-corrected chi connectivity index (χ1v) is 7.85. The van der Waals surface area contributed by atoms with Crippen molar-refractivity contribution in [3.8, 4) is 0 Å². The molecular weight excluding hydrogens is 391 g/mol. The Morgan fingerprint density at radius 1 is 1.50 bits per heavy atom. The summed E-state index contributed by atoms with van der Waals surface area (Å²) in [6.45, 7) is 1.88. The lowest BCUT2D eigenvalue weighted by Crippen LogP contribution is -2.30. The molecule has 2 rings (SSSR count). The molecule has 0 spiro atoms. The number of nitrogens with one attached hydrogen (secondary N) is 1. The van der Waals surface area contributed by atoms with Gasteiger partial charge >= 0.3 is 0 Å². The van der Waals surface area contributed by atoms with Crippen LogP contribution in [0.4, 0.5) is 11.4 Å². The summed E-state index contributed by atoms with van der Waals surface area (Å²) in [6.07, 6.45) is 0. The van der Waals surface area contributed by atoms with Crippen molar-refractivity contribution in [3.63, 3.8) is 0 Å². The predicted octanol–water partition coefficient (Wildman–Crippen LogP) is 3.58. The molecule has 20 heavy (non-hydrogen) atoms. The number of halogens is 1. The maximum atomic E-state index is 11.0. The predicted molar refractivity (Wildman–Crippen MR) is 88.2 cm³/mol. The van der Waals surface area contributed by atoms with Crippen LogP contribution in [0.25, 0.3) is 0 Å². The topological polar surface area (TPSA) is 75.4 Å². The Bertz CT molecular complexity index is 614. The largest absolute Gasteiger partial charge is 0.384 e. The summed E-state index contributed by atoms with van der Waals surface area (Å²) in [6, 6.07) is 6.79. The molecule has 2 N–H and O–H groups in total. The highest BCUT2D eigenvalue weighted by Crippen LogP contribution is 2.29. The highest BCUT2D eigenvalue weighted by molar-refractivity contribution is 14.1. The monoisotopic (exact) mass is 404 g/mol. The van der Waals surface area contributed by atoms with Crippen molar-refractivity contribution >= 4 is 45.3 Å². The van der Waals surface area contributed by atoms with Crippen LogP contribution in [0.2, 0.25) is 0 Å². The van der Waals surface area contributed by atoms with Gasteiger partial charge in [0.25, 0.3) is 5.69 Å². The van der Waals surface area contributed by atoms with Crippen LogP contribution in [-0.2, 0) is 5.60 Å². The van der Waals surface area contributed by atoms with Gasteiger partial charge in [-0.25, -0.2) is 0 Å². The molecule has 0 saturated carbocycles. The summed E-state index contributed by atoms with van der Waals surface area (Å²) in [5.41, 5.74) is 0.142. The summed E-state index contributed by atoms with van der Waals surface area (Å²) >= 11 is 3.53. The molecule has 0 aliphatic rings. The molecule has 0 bridgehead atoms. The standard InChI is InChI=1S/C13H13IN2O3S/c1-13(17,9-4-5-20-7-9)8-15-11-3-2-10(14)6-12(11)16(18)19/h2-7,15,17H,8H2,1H3. The molecule has 0 saturated heterocycles. The Morgan fingerprint density at radius 3 is 2.85 bits per heavy atom. The molecule has 0 aliphatic heterocycles. The number of anilines is 1. The van der Waals surface area contributed by atoms with Crippen LogP contribution in [0, 0.1) is 13.7 Å². The Morgan fingerprint density at radius 2 is 2.25 bits per heavy atom. The second-order valence-electron chi connectivity index (χ2n) is 4.56. The van der Waals surface area contributed by atoms with E-state index in [4.69, 9.17) is 0 Å². The van der Waals surface area contributed by atoms with E-state index < -0.39 is 10.5 Å². The zero-order valence-corrected chi connectivity index (χ0v) is 13.6. The van der Waals surface area contributed by atoms with Gasteiger partial charge in [-0.05, 0) is 64.0 Å². The van der Waals surface area contributed by atoms with E-state index in [1.807, 2.05) is 39.4 Å². The second kappa shape index (κ2) is 6.06. The first-order valence-electron chi connectivity index (χ1n) is 5.83. The van der Waals surface area contributed by atoms with Gasteiger partial charge in [0.1, 0.15) is 11.3 Å². The quantitative estimate of drug-likeness (QED) is 0.454. The second-order valence-corrected chi connectivity index (χ2v) is 6.58. The van der Waals surface area contributed by atoms with Crippen LogP contribution in [0.3, 0.4) is 0 Å². The van der Waals surface area contributed by atoms with Gasteiger partial charge in [0.2, 0.25) is 0 Å². The van der Waals surface area contributed by atoms with Gasteiger partial charge in [-0.2, -0.15) is 11.3 Å². The average Bonchev–Trinajstić information content (AvgIpc) is 2.91. The molecule has 2 aromatic rings. The number of nitrogens with zero attached hydrogens (tertiary/aromatic N) is 1. The normalized spacial score (nSPS) is 13.8.